The number of aromatic nitrogens is 3. The molecule has 0 atom stereocenters. The summed E-state index contributed by atoms with van der Waals surface area (Å²) in [4.78, 5) is 0. The zero-order chi connectivity index (χ0) is 13.3. The minimum atomic E-state index is -3.64. The van der Waals surface area contributed by atoms with Crippen molar-refractivity contribution in [3.05, 3.63) is 4.60 Å². The minimum absolute atomic E-state index is 0.0219. The highest BCUT2D eigenvalue weighted by atomic mass is 79.9. The summed E-state index contributed by atoms with van der Waals surface area (Å²) in [6.45, 7) is 0. The number of hydrogen-bond acceptors (Lipinski definition) is 5. The summed E-state index contributed by atoms with van der Waals surface area (Å²) >= 11 is 3.07. The van der Waals surface area contributed by atoms with Crippen LogP contribution in [0.5, 0.6) is 0 Å². The quantitative estimate of drug-likeness (QED) is 0.818. The van der Waals surface area contributed by atoms with Crippen LogP contribution in [0.4, 0.5) is 0 Å². The highest BCUT2D eigenvalue weighted by molar-refractivity contribution is 9.10. The van der Waals surface area contributed by atoms with Gasteiger partial charge in [-0.05, 0) is 41.6 Å². The van der Waals surface area contributed by atoms with Crippen LogP contribution in [0, 0.1) is 0 Å². The molecule has 0 amide bonds. The van der Waals surface area contributed by atoms with Gasteiger partial charge >= 0.3 is 0 Å². The summed E-state index contributed by atoms with van der Waals surface area (Å²) in [5, 5.41) is 16.7. The van der Waals surface area contributed by atoms with Gasteiger partial charge in [-0.15, -0.1) is 5.10 Å². The number of hydrogen-bond donors (Lipinski definition) is 2. The predicted octanol–water partition coefficient (Wildman–Crippen LogP) is 0.159. The van der Waals surface area contributed by atoms with Gasteiger partial charge in [-0.1, -0.05) is 5.21 Å². The first-order valence-corrected chi connectivity index (χ1v) is 7.93. The number of aliphatic hydroxyl groups is 1. The van der Waals surface area contributed by atoms with Crippen LogP contribution >= 0.6 is 15.9 Å². The molecule has 7 nitrogen and oxygen atoms in total. The molecule has 0 bridgehead atoms. The van der Waals surface area contributed by atoms with Gasteiger partial charge in [-0.2, -0.15) is 0 Å². The Hall–Kier alpha value is -0.510. The molecule has 1 heterocycles. The molecule has 0 spiro atoms. The maximum atomic E-state index is 12.2. The number of aliphatic hydroxyl groups excluding tert-OH is 1. The van der Waals surface area contributed by atoms with Crippen molar-refractivity contribution in [2.75, 3.05) is 0 Å². The Morgan fingerprint density at radius 1 is 1.39 bits per heavy atom. The smallest absolute Gasteiger partial charge is 0.260 e. The minimum Gasteiger partial charge on any atom is -0.393 e. The van der Waals surface area contributed by atoms with Gasteiger partial charge < -0.3 is 5.11 Å². The molecule has 0 aromatic carbocycles. The molecular formula is C9H15BrN4O3S. The molecule has 1 aromatic heterocycles. The van der Waals surface area contributed by atoms with Gasteiger partial charge in [0.1, 0.15) is 0 Å². The second-order valence-electron chi connectivity index (χ2n) is 4.44. The van der Waals surface area contributed by atoms with Crippen LogP contribution in [0.1, 0.15) is 25.7 Å². The predicted molar refractivity (Wildman–Crippen MR) is 67.3 cm³/mol. The Kier molecular flexibility index (Phi) is 4.05. The Bertz CT molecular complexity index is 502. The lowest BCUT2D eigenvalue weighted by atomic mass is 9.94. The van der Waals surface area contributed by atoms with E-state index in [-0.39, 0.29) is 21.8 Å². The lowest BCUT2D eigenvalue weighted by Crippen LogP contribution is -2.39. The molecule has 9 heteroatoms. The molecule has 2 rings (SSSR count). The summed E-state index contributed by atoms with van der Waals surface area (Å²) in [5.41, 5.74) is 0. The SMILES string of the molecule is Cn1nnc(Br)c1S(=O)(=O)NC1CCC(O)CC1. The second kappa shape index (κ2) is 5.24. The number of nitrogens with zero attached hydrogens (tertiary/aromatic N) is 3. The maximum absolute atomic E-state index is 12.2. The highest BCUT2D eigenvalue weighted by Crippen LogP contribution is 2.22. The lowest BCUT2D eigenvalue weighted by Gasteiger charge is -2.25. The van der Waals surface area contributed by atoms with Crippen LogP contribution in [0.3, 0.4) is 0 Å². The zero-order valence-electron chi connectivity index (χ0n) is 9.87. The van der Waals surface area contributed by atoms with Crippen LogP contribution in [0.15, 0.2) is 9.63 Å². The number of halogens is 1. The monoisotopic (exact) mass is 338 g/mol. The first kappa shape index (κ1) is 13.9. The molecule has 0 aliphatic heterocycles. The molecule has 1 aromatic rings. The molecule has 0 unspecified atom stereocenters. The first-order chi connectivity index (χ1) is 8.40. The van der Waals surface area contributed by atoms with Gasteiger partial charge in [0.05, 0.1) is 6.10 Å². The van der Waals surface area contributed by atoms with Crippen molar-refractivity contribution >= 4 is 26.0 Å². The van der Waals surface area contributed by atoms with Crippen LogP contribution < -0.4 is 4.72 Å². The summed E-state index contributed by atoms with van der Waals surface area (Å²) in [6, 6.07) is -0.139. The standard InChI is InChI=1S/C9H15BrN4O3S/c1-14-9(8(10)11-13-14)18(16,17)12-6-2-4-7(15)5-3-6/h6-7,12,15H,2-5H2,1H3. The van der Waals surface area contributed by atoms with E-state index in [0.29, 0.717) is 25.7 Å². The van der Waals surface area contributed by atoms with Crippen molar-refractivity contribution in [2.45, 2.75) is 42.9 Å². The average Bonchev–Trinajstić information content (AvgIpc) is 2.62. The molecule has 18 heavy (non-hydrogen) atoms. The molecule has 0 saturated heterocycles. The summed E-state index contributed by atoms with van der Waals surface area (Å²) < 4.78 is 28.4. The number of nitrogens with one attached hydrogen (secondary N) is 1. The van der Waals surface area contributed by atoms with Crippen molar-refractivity contribution in [3.8, 4) is 0 Å². The normalized spacial score (nSPS) is 25.3. The second-order valence-corrected chi connectivity index (χ2v) is 6.82. The van der Waals surface area contributed by atoms with Gasteiger partial charge in [-0.3, -0.25) is 0 Å². The van der Waals surface area contributed by atoms with E-state index < -0.39 is 10.0 Å². The van der Waals surface area contributed by atoms with Crippen molar-refractivity contribution in [1.82, 2.24) is 19.7 Å². The van der Waals surface area contributed by atoms with E-state index >= 15 is 0 Å². The van der Waals surface area contributed by atoms with E-state index in [0.717, 1.165) is 0 Å². The summed E-state index contributed by atoms with van der Waals surface area (Å²) in [7, 11) is -2.11. The first-order valence-electron chi connectivity index (χ1n) is 5.65. The third-order valence-corrected chi connectivity index (χ3v) is 5.42. The molecule has 102 valence electrons. The molecule has 0 radical (unpaired) electrons. The lowest BCUT2D eigenvalue weighted by molar-refractivity contribution is 0.120. The summed E-state index contributed by atoms with van der Waals surface area (Å²) in [6.07, 6.45) is 2.22. The van der Waals surface area contributed by atoms with E-state index in [1.807, 2.05) is 0 Å². The van der Waals surface area contributed by atoms with E-state index in [2.05, 4.69) is 31.0 Å². The Labute approximate surface area is 114 Å². The molecule has 1 aliphatic carbocycles. The molecule has 2 N–H and O–H groups in total. The topological polar surface area (TPSA) is 97.1 Å². The van der Waals surface area contributed by atoms with Crippen LogP contribution in [-0.4, -0.2) is 40.7 Å². The average molecular weight is 339 g/mol. The Morgan fingerprint density at radius 2 is 2.00 bits per heavy atom. The van der Waals surface area contributed by atoms with Gasteiger partial charge in [0.15, 0.2) is 4.60 Å². The van der Waals surface area contributed by atoms with Gasteiger partial charge in [0.25, 0.3) is 10.0 Å². The number of sulfonamides is 1. The molecule has 1 aliphatic rings. The maximum Gasteiger partial charge on any atom is 0.260 e. The fourth-order valence-corrected chi connectivity index (χ4v) is 4.48. The van der Waals surface area contributed by atoms with E-state index in [1.165, 1.54) is 11.7 Å². The molecule has 1 fully saturated rings. The largest absolute Gasteiger partial charge is 0.393 e. The third-order valence-electron chi connectivity index (χ3n) is 3.01. The Balaban J connectivity index is 2.13. The van der Waals surface area contributed by atoms with Crippen molar-refractivity contribution in [2.24, 2.45) is 7.05 Å². The van der Waals surface area contributed by atoms with Crippen molar-refractivity contribution < 1.29 is 13.5 Å². The van der Waals surface area contributed by atoms with Crippen LogP contribution in [-0.2, 0) is 17.1 Å². The van der Waals surface area contributed by atoms with Crippen molar-refractivity contribution in [1.29, 1.82) is 0 Å². The third kappa shape index (κ3) is 2.90. The molecule has 1 saturated carbocycles. The fourth-order valence-electron chi connectivity index (χ4n) is 2.08. The zero-order valence-corrected chi connectivity index (χ0v) is 12.3. The van der Waals surface area contributed by atoms with Gasteiger partial charge in [-0.25, -0.2) is 17.8 Å². The van der Waals surface area contributed by atoms with Crippen LogP contribution in [0.25, 0.3) is 0 Å². The van der Waals surface area contributed by atoms with E-state index in [1.54, 1.807) is 0 Å². The highest BCUT2D eigenvalue weighted by Gasteiger charge is 2.29. The summed E-state index contributed by atoms with van der Waals surface area (Å²) in [5.74, 6) is 0. The molecular weight excluding hydrogens is 324 g/mol. The Morgan fingerprint density at radius 3 is 2.50 bits per heavy atom. The van der Waals surface area contributed by atoms with Crippen LogP contribution in [0.2, 0.25) is 0 Å². The van der Waals surface area contributed by atoms with Crippen molar-refractivity contribution in [3.63, 3.8) is 0 Å². The van der Waals surface area contributed by atoms with Gasteiger partial charge in [0, 0.05) is 13.1 Å². The number of rotatable bonds is 3. The van der Waals surface area contributed by atoms with E-state index in [9.17, 15) is 13.5 Å². The number of aryl methyl sites for hydroxylation is 1. The van der Waals surface area contributed by atoms with Gasteiger partial charge in [0.2, 0.25) is 5.03 Å². The fraction of sp³-hybridized carbons (Fsp3) is 0.778. The van der Waals surface area contributed by atoms with E-state index in [4.69, 9.17) is 0 Å².